The first-order chi connectivity index (χ1) is 19.8. The number of rotatable bonds is 6. The summed E-state index contributed by atoms with van der Waals surface area (Å²) in [4.78, 5) is 12.7. The minimum Gasteiger partial charge on any atom is -0.507 e. The van der Waals surface area contributed by atoms with Gasteiger partial charge in [0.05, 0.1) is 13.2 Å². The summed E-state index contributed by atoms with van der Waals surface area (Å²) in [5, 5.41) is 101. The van der Waals surface area contributed by atoms with E-state index in [0.29, 0.717) is 0 Å². The fourth-order valence-electron chi connectivity index (χ4n) is 4.60. The number of ether oxygens (including phenoxy) is 4. The van der Waals surface area contributed by atoms with Crippen molar-refractivity contribution < 1.29 is 74.4 Å². The molecule has 0 amide bonds. The molecule has 0 aliphatic carbocycles. The molecule has 16 nitrogen and oxygen atoms in total. The molecule has 2 aromatic carbocycles. The van der Waals surface area contributed by atoms with Crippen molar-refractivity contribution in [1.29, 1.82) is 0 Å². The molecule has 2 aliphatic rings. The third-order valence-corrected chi connectivity index (χ3v) is 6.93. The average Bonchev–Trinajstić information content (AvgIpc) is 2.94. The molecule has 5 rings (SSSR count). The number of hydrogen-bond donors (Lipinski definition) is 10. The summed E-state index contributed by atoms with van der Waals surface area (Å²) >= 11 is 0. The molecule has 0 saturated carbocycles. The van der Waals surface area contributed by atoms with Gasteiger partial charge in [-0.1, -0.05) is 0 Å². The van der Waals surface area contributed by atoms with Crippen LogP contribution in [-0.2, 0) is 14.2 Å². The van der Waals surface area contributed by atoms with Gasteiger partial charge in [0.25, 0.3) is 0 Å². The molecule has 10 N–H and O–H groups in total. The van der Waals surface area contributed by atoms with Gasteiger partial charge in [0.15, 0.2) is 29.3 Å². The minimum absolute atomic E-state index is 0.0764. The number of fused-ring (bicyclic) bond motifs is 1. The maximum atomic E-state index is 12.7. The van der Waals surface area contributed by atoms with Gasteiger partial charge in [0.2, 0.25) is 0 Å². The van der Waals surface area contributed by atoms with Gasteiger partial charge >= 0.3 is 5.97 Å². The molecule has 0 spiro atoms. The van der Waals surface area contributed by atoms with Crippen LogP contribution in [0.2, 0.25) is 0 Å². The zero-order valence-electron chi connectivity index (χ0n) is 21.4. The summed E-state index contributed by atoms with van der Waals surface area (Å²) in [7, 11) is 0. The molecule has 2 aliphatic heterocycles. The number of phenols is 3. The van der Waals surface area contributed by atoms with Crippen molar-refractivity contribution in [2.24, 2.45) is 0 Å². The van der Waals surface area contributed by atoms with Crippen molar-refractivity contribution in [3.8, 4) is 34.3 Å². The van der Waals surface area contributed by atoms with E-state index in [2.05, 4.69) is 0 Å². The number of aromatic hydroxyl groups is 3. The Hall–Kier alpha value is -3.55. The summed E-state index contributed by atoms with van der Waals surface area (Å²) in [5.74, 6) is -5.14. The van der Waals surface area contributed by atoms with Gasteiger partial charge < -0.3 is 74.4 Å². The van der Waals surface area contributed by atoms with E-state index in [1.807, 2.05) is 0 Å². The number of benzene rings is 2. The van der Waals surface area contributed by atoms with Gasteiger partial charge in [0, 0.05) is 23.8 Å². The maximum absolute atomic E-state index is 12.7. The highest BCUT2D eigenvalue weighted by Gasteiger charge is 2.55. The van der Waals surface area contributed by atoms with Gasteiger partial charge in [0.1, 0.15) is 64.9 Å². The smallest absolute Gasteiger partial charge is 0.355 e. The molecule has 228 valence electrons. The molecule has 1 aromatic heterocycles. The topological polar surface area (TPSA) is 269 Å². The van der Waals surface area contributed by atoms with Crippen LogP contribution in [0.25, 0.3) is 22.3 Å². The minimum atomic E-state index is -3.07. The van der Waals surface area contributed by atoms with Crippen LogP contribution in [0.3, 0.4) is 0 Å². The number of aliphatic hydroxyl groups excluding tert-OH is 6. The van der Waals surface area contributed by atoms with Crippen LogP contribution in [-0.4, -0.2) is 119 Å². The lowest BCUT2D eigenvalue weighted by Gasteiger charge is -2.45. The zero-order chi connectivity index (χ0) is 30.5. The predicted octanol–water partition coefficient (Wildman–Crippen LogP) is -2.46. The van der Waals surface area contributed by atoms with E-state index < -0.39 is 90.0 Å². The first-order valence-electron chi connectivity index (χ1n) is 12.5. The highest BCUT2D eigenvalue weighted by atomic mass is 16.8. The third-order valence-electron chi connectivity index (χ3n) is 6.93. The van der Waals surface area contributed by atoms with E-state index in [1.165, 1.54) is 6.07 Å². The molecule has 9 atom stereocenters. The van der Waals surface area contributed by atoms with E-state index in [4.69, 9.17) is 23.4 Å². The van der Waals surface area contributed by atoms with Crippen LogP contribution in [0.15, 0.2) is 45.6 Å². The second kappa shape index (κ2) is 11.3. The van der Waals surface area contributed by atoms with Gasteiger partial charge in [-0.3, -0.25) is 4.79 Å². The molecule has 3 heterocycles. The van der Waals surface area contributed by atoms with E-state index in [0.717, 1.165) is 30.3 Å². The Balaban J connectivity index is 1.40. The van der Waals surface area contributed by atoms with Crippen molar-refractivity contribution in [3.05, 3.63) is 46.6 Å². The van der Waals surface area contributed by atoms with E-state index in [-0.39, 0.29) is 28.9 Å². The zero-order valence-corrected chi connectivity index (χ0v) is 21.4. The van der Waals surface area contributed by atoms with Gasteiger partial charge in [-0.2, -0.15) is 0 Å². The van der Waals surface area contributed by atoms with Gasteiger partial charge in [-0.15, -0.1) is 0 Å². The maximum Gasteiger partial charge on any atom is 0.355 e. The lowest BCUT2D eigenvalue weighted by molar-refractivity contribution is -0.425. The first-order valence-corrected chi connectivity index (χ1v) is 12.5. The molecule has 2 fully saturated rings. The summed E-state index contributed by atoms with van der Waals surface area (Å²) in [6, 6.07) is 6.62. The SMILES string of the molecule is O=c1cc(-c2ccc(O)c(O)c2)oc2cc(O[C@]3(O)OC(CO[C@@H]4OC[C@H](O)C(O)C4O)[C@H](O)C(O)C3O)cc(O)c12. The Morgan fingerprint density at radius 1 is 0.857 bits per heavy atom. The molecule has 0 bridgehead atoms. The van der Waals surface area contributed by atoms with Crippen molar-refractivity contribution in [2.75, 3.05) is 13.2 Å². The second-order valence-corrected chi connectivity index (χ2v) is 9.89. The van der Waals surface area contributed by atoms with Crippen LogP contribution in [0.5, 0.6) is 23.0 Å². The second-order valence-electron chi connectivity index (χ2n) is 9.89. The summed E-state index contributed by atoms with van der Waals surface area (Å²) in [6.45, 7) is -1.07. The fourth-order valence-corrected chi connectivity index (χ4v) is 4.60. The van der Waals surface area contributed by atoms with Crippen LogP contribution in [0.1, 0.15) is 0 Å². The highest BCUT2D eigenvalue weighted by molar-refractivity contribution is 5.86. The van der Waals surface area contributed by atoms with Crippen LogP contribution in [0.4, 0.5) is 0 Å². The van der Waals surface area contributed by atoms with Crippen molar-refractivity contribution in [1.82, 2.24) is 0 Å². The van der Waals surface area contributed by atoms with E-state index >= 15 is 0 Å². The molecular formula is C26H28O16. The summed E-state index contributed by atoms with van der Waals surface area (Å²) in [6.07, 6.45) is -14.0. The summed E-state index contributed by atoms with van der Waals surface area (Å²) in [5.41, 5.74) is -0.775. The molecule has 0 radical (unpaired) electrons. The lowest BCUT2D eigenvalue weighted by atomic mass is 9.97. The van der Waals surface area contributed by atoms with Gasteiger partial charge in [-0.25, -0.2) is 0 Å². The molecule has 3 aromatic rings. The van der Waals surface area contributed by atoms with Crippen molar-refractivity contribution >= 4 is 11.0 Å². The van der Waals surface area contributed by atoms with Crippen LogP contribution < -0.4 is 10.2 Å². The Bertz CT molecular complexity index is 1510. The number of aliphatic hydroxyl groups is 7. The predicted molar refractivity (Wildman–Crippen MR) is 135 cm³/mol. The first kappa shape index (κ1) is 29.9. The molecule has 2 saturated heterocycles. The van der Waals surface area contributed by atoms with Crippen LogP contribution >= 0.6 is 0 Å². The monoisotopic (exact) mass is 596 g/mol. The van der Waals surface area contributed by atoms with Gasteiger partial charge in [-0.05, 0) is 18.2 Å². The fraction of sp³-hybridized carbons (Fsp3) is 0.423. The standard InChI is InChI=1S/C26H28O16/c27-11-2-1-9(3-12(11)28)16-6-14(30)19-13(29)4-10(5-17(19)40-16)41-26(37)24(36)22(34)21(33)18(42-26)8-39-25-23(35)20(32)15(31)7-38-25/h1-6,15,18,20-25,27-29,31-37H,7-8H2/t15-,18?,20?,21-,22?,23?,24?,25-,26-/m0/s1. The molecule has 42 heavy (non-hydrogen) atoms. The van der Waals surface area contributed by atoms with E-state index in [1.54, 1.807) is 0 Å². The quantitative estimate of drug-likeness (QED) is 0.104. The normalized spacial score (nSPS) is 33.5. The molecule has 5 unspecified atom stereocenters. The third kappa shape index (κ3) is 5.48. The Morgan fingerprint density at radius 3 is 2.31 bits per heavy atom. The summed E-state index contributed by atoms with van der Waals surface area (Å²) < 4.78 is 26.8. The largest absolute Gasteiger partial charge is 0.507 e. The number of phenolic OH excluding ortho intramolecular Hbond substituents is 3. The Morgan fingerprint density at radius 2 is 1.60 bits per heavy atom. The van der Waals surface area contributed by atoms with E-state index in [9.17, 15) is 55.9 Å². The van der Waals surface area contributed by atoms with Crippen LogP contribution in [0, 0.1) is 0 Å². The van der Waals surface area contributed by atoms with Crippen molar-refractivity contribution in [2.45, 2.75) is 55.0 Å². The highest BCUT2D eigenvalue weighted by Crippen LogP contribution is 2.37. The van der Waals surface area contributed by atoms with Crippen molar-refractivity contribution in [3.63, 3.8) is 0 Å². The molecular weight excluding hydrogens is 568 g/mol. The Kier molecular flexibility index (Phi) is 8.03. The lowest BCUT2D eigenvalue weighted by Crippen LogP contribution is -2.67. The molecule has 16 heteroatoms. The Labute approximate surface area is 235 Å². The average molecular weight is 596 g/mol. The number of hydrogen-bond acceptors (Lipinski definition) is 16.